The Morgan fingerprint density at radius 2 is 2.17 bits per heavy atom. The van der Waals surface area contributed by atoms with Crippen LogP contribution in [0.1, 0.15) is 12.8 Å². The van der Waals surface area contributed by atoms with E-state index < -0.39 is 5.79 Å². The number of halogens is 1. The zero-order chi connectivity index (χ0) is 16.4. The predicted octanol–water partition coefficient (Wildman–Crippen LogP) is 2.70. The van der Waals surface area contributed by atoms with E-state index in [2.05, 4.69) is 4.74 Å². The Bertz CT molecular complexity index is 721. The molecule has 0 radical (unpaired) electrons. The fourth-order valence-electron chi connectivity index (χ4n) is 2.80. The second-order valence-corrected chi connectivity index (χ2v) is 5.93. The first-order chi connectivity index (χ1) is 11.0. The summed E-state index contributed by atoms with van der Waals surface area (Å²) >= 11 is 5.98. The van der Waals surface area contributed by atoms with Crippen molar-refractivity contribution in [3.05, 3.63) is 29.4 Å². The Balaban J connectivity index is 1.85. The molecule has 1 N–H and O–H groups in total. The molecule has 1 fully saturated rings. The number of rotatable bonds is 5. The Morgan fingerprint density at radius 3 is 2.87 bits per heavy atom. The molecule has 6 nitrogen and oxygen atoms in total. The zero-order valence-corrected chi connectivity index (χ0v) is 13.5. The molecule has 3 rings (SSSR count). The summed E-state index contributed by atoms with van der Waals surface area (Å²) in [7, 11) is 1.35. The van der Waals surface area contributed by atoms with Crippen molar-refractivity contribution in [1.82, 2.24) is 4.57 Å². The monoisotopic (exact) mass is 339 g/mol. The van der Waals surface area contributed by atoms with Crippen LogP contribution >= 0.6 is 11.6 Å². The summed E-state index contributed by atoms with van der Waals surface area (Å²) in [6, 6.07) is 5.31. The van der Waals surface area contributed by atoms with Gasteiger partial charge in [0.05, 0.1) is 33.3 Å². The molecule has 2 heterocycles. The highest BCUT2D eigenvalue weighted by Crippen LogP contribution is 2.34. The summed E-state index contributed by atoms with van der Waals surface area (Å²) in [6.07, 6.45) is 2.35. The molecule has 0 spiro atoms. The summed E-state index contributed by atoms with van der Waals surface area (Å²) in [5, 5.41) is 12.5. The molecule has 0 atom stereocenters. The molecule has 0 bridgehead atoms. The molecule has 0 saturated carbocycles. The number of hydrogen-bond acceptors (Lipinski definition) is 5. The third kappa shape index (κ3) is 3.29. The van der Waals surface area contributed by atoms with Crippen molar-refractivity contribution in [2.75, 3.05) is 20.3 Å². The summed E-state index contributed by atoms with van der Waals surface area (Å²) in [5.41, 5.74) is 0. The third-order valence-corrected chi connectivity index (χ3v) is 4.22. The number of carbonyl (C=O) groups is 1. The molecule has 0 amide bonds. The highest BCUT2D eigenvalue weighted by Gasteiger charge is 2.38. The van der Waals surface area contributed by atoms with E-state index >= 15 is 0 Å². The smallest absolute Gasteiger partial charge is 0.305 e. The van der Waals surface area contributed by atoms with Gasteiger partial charge in [-0.15, -0.1) is 0 Å². The van der Waals surface area contributed by atoms with E-state index in [1.807, 2.05) is 12.3 Å². The second kappa shape index (κ2) is 6.39. The minimum absolute atomic E-state index is 0.0963. The lowest BCUT2D eigenvalue weighted by Crippen LogP contribution is -2.36. The van der Waals surface area contributed by atoms with Gasteiger partial charge in [0.15, 0.2) is 11.7 Å². The van der Waals surface area contributed by atoms with Gasteiger partial charge in [0.2, 0.25) is 0 Å². The topological polar surface area (TPSA) is 69.9 Å². The molecule has 2 aromatic rings. The van der Waals surface area contributed by atoms with Gasteiger partial charge < -0.3 is 23.9 Å². The molecule has 7 heteroatoms. The maximum Gasteiger partial charge on any atom is 0.305 e. The van der Waals surface area contributed by atoms with Crippen molar-refractivity contribution < 1.29 is 24.1 Å². The quantitative estimate of drug-likeness (QED) is 0.848. The number of ether oxygens (including phenoxy) is 3. The molecule has 1 saturated heterocycles. The first-order valence-corrected chi connectivity index (χ1v) is 7.73. The standard InChI is InChI=1S/C16H18ClNO5/c1-21-14(19)4-5-16(22-6-7-23-16)10-18-9-11-2-3-12(17)8-13(11)15(18)20/h2-3,8-9,20H,4-7,10H2,1H3. The van der Waals surface area contributed by atoms with Crippen molar-refractivity contribution in [3.8, 4) is 5.88 Å². The average Bonchev–Trinajstić information content (AvgIpc) is 3.12. The fourth-order valence-corrected chi connectivity index (χ4v) is 2.98. The van der Waals surface area contributed by atoms with Crippen molar-refractivity contribution in [3.63, 3.8) is 0 Å². The van der Waals surface area contributed by atoms with Crippen LogP contribution in [0.2, 0.25) is 5.02 Å². The van der Waals surface area contributed by atoms with E-state index in [0.29, 0.717) is 30.0 Å². The minimum Gasteiger partial charge on any atom is -0.494 e. The lowest BCUT2D eigenvalue weighted by Gasteiger charge is -2.27. The fraction of sp³-hybridized carbons (Fsp3) is 0.438. The number of aromatic hydroxyl groups is 1. The Hall–Kier alpha value is -1.76. The Morgan fingerprint density at radius 1 is 1.43 bits per heavy atom. The van der Waals surface area contributed by atoms with Gasteiger partial charge in [-0.05, 0) is 12.1 Å². The normalized spacial score (nSPS) is 16.8. The van der Waals surface area contributed by atoms with Crippen LogP contribution in [0, 0.1) is 0 Å². The lowest BCUT2D eigenvalue weighted by molar-refractivity contribution is -0.178. The molecule has 1 aliphatic heterocycles. The van der Waals surface area contributed by atoms with Gasteiger partial charge in [-0.3, -0.25) is 4.79 Å². The SMILES string of the molecule is COC(=O)CCC1(Cn2cc3ccc(Cl)cc3c2O)OCCO1. The molecular weight excluding hydrogens is 322 g/mol. The van der Waals surface area contributed by atoms with Gasteiger partial charge in [0.25, 0.3) is 0 Å². The van der Waals surface area contributed by atoms with Gasteiger partial charge in [0.1, 0.15) is 0 Å². The van der Waals surface area contributed by atoms with Gasteiger partial charge in [0, 0.05) is 28.4 Å². The number of methoxy groups -OCH3 is 1. The highest BCUT2D eigenvalue weighted by molar-refractivity contribution is 6.31. The Labute approximate surface area is 138 Å². The first-order valence-electron chi connectivity index (χ1n) is 7.35. The van der Waals surface area contributed by atoms with Gasteiger partial charge in [-0.2, -0.15) is 0 Å². The van der Waals surface area contributed by atoms with Crippen LogP contribution in [0.15, 0.2) is 24.4 Å². The maximum absolute atomic E-state index is 11.4. The number of benzene rings is 1. The highest BCUT2D eigenvalue weighted by atomic mass is 35.5. The number of hydrogen-bond donors (Lipinski definition) is 1. The van der Waals surface area contributed by atoms with Crippen LogP contribution in [0.4, 0.5) is 0 Å². The number of nitrogens with zero attached hydrogens (tertiary/aromatic N) is 1. The van der Waals surface area contributed by atoms with E-state index in [-0.39, 0.29) is 24.8 Å². The molecule has 0 aliphatic carbocycles. The molecule has 1 aromatic carbocycles. The van der Waals surface area contributed by atoms with Crippen LogP contribution in [0.5, 0.6) is 5.88 Å². The lowest BCUT2D eigenvalue weighted by atomic mass is 10.1. The van der Waals surface area contributed by atoms with E-state index in [0.717, 1.165) is 5.39 Å². The van der Waals surface area contributed by atoms with Crippen LogP contribution in [-0.2, 0) is 25.5 Å². The molecular formula is C16H18ClNO5. The summed E-state index contributed by atoms with van der Waals surface area (Å²) in [6.45, 7) is 1.19. The van der Waals surface area contributed by atoms with Crippen LogP contribution in [-0.4, -0.2) is 41.8 Å². The summed E-state index contributed by atoms with van der Waals surface area (Å²) < 4.78 is 17.8. The maximum atomic E-state index is 11.4. The van der Waals surface area contributed by atoms with Crippen molar-refractivity contribution >= 4 is 28.3 Å². The molecule has 23 heavy (non-hydrogen) atoms. The molecule has 1 aliphatic rings. The molecule has 0 unspecified atom stereocenters. The summed E-state index contributed by atoms with van der Waals surface area (Å²) in [4.78, 5) is 11.4. The summed E-state index contributed by atoms with van der Waals surface area (Å²) in [5.74, 6) is -1.17. The number of aromatic nitrogens is 1. The van der Waals surface area contributed by atoms with Crippen molar-refractivity contribution in [2.24, 2.45) is 0 Å². The van der Waals surface area contributed by atoms with Gasteiger partial charge in [-0.25, -0.2) is 0 Å². The Kier molecular flexibility index (Phi) is 4.48. The van der Waals surface area contributed by atoms with E-state index in [1.54, 1.807) is 16.7 Å². The van der Waals surface area contributed by atoms with Gasteiger partial charge in [-0.1, -0.05) is 17.7 Å². The van der Waals surface area contributed by atoms with E-state index in [9.17, 15) is 9.90 Å². The average molecular weight is 340 g/mol. The van der Waals surface area contributed by atoms with Crippen molar-refractivity contribution in [1.29, 1.82) is 0 Å². The first kappa shape index (κ1) is 16.1. The van der Waals surface area contributed by atoms with E-state index in [4.69, 9.17) is 21.1 Å². The van der Waals surface area contributed by atoms with Crippen LogP contribution in [0.3, 0.4) is 0 Å². The molecule has 124 valence electrons. The largest absolute Gasteiger partial charge is 0.494 e. The number of esters is 1. The van der Waals surface area contributed by atoms with Gasteiger partial charge >= 0.3 is 5.97 Å². The second-order valence-electron chi connectivity index (χ2n) is 5.50. The number of fused-ring (bicyclic) bond motifs is 1. The third-order valence-electron chi connectivity index (χ3n) is 3.99. The van der Waals surface area contributed by atoms with E-state index in [1.165, 1.54) is 7.11 Å². The minimum atomic E-state index is -0.940. The van der Waals surface area contributed by atoms with Crippen molar-refractivity contribution in [2.45, 2.75) is 25.2 Å². The van der Waals surface area contributed by atoms with Crippen LogP contribution < -0.4 is 0 Å². The number of carbonyl (C=O) groups excluding carboxylic acids is 1. The zero-order valence-electron chi connectivity index (χ0n) is 12.8. The van der Waals surface area contributed by atoms with Crippen LogP contribution in [0.25, 0.3) is 10.8 Å². The predicted molar refractivity (Wildman–Crippen MR) is 84.5 cm³/mol. The molecule has 1 aromatic heterocycles.